The molecule has 0 bridgehead atoms. The molecule has 0 aromatic heterocycles. The lowest BCUT2D eigenvalue weighted by molar-refractivity contribution is -0.137. The zero-order chi connectivity index (χ0) is 15.8. The van der Waals surface area contributed by atoms with Crippen LogP contribution in [0.2, 0.25) is 0 Å². The average molecular weight is 300 g/mol. The number of aliphatic hydroxyl groups is 1. The first-order chi connectivity index (χ1) is 10.2. The van der Waals surface area contributed by atoms with Gasteiger partial charge in [-0.25, -0.2) is 0 Å². The lowest BCUT2D eigenvalue weighted by Crippen LogP contribution is -2.05. The second kappa shape index (κ2) is 15.8. The van der Waals surface area contributed by atoms with Crippen LogP contribution in [0.3, 0.4) is 0 Å². The maximum absolute atomic E-state index is 10.3. The van der Waals surface area contributed by atoms with Crippen molar-refractivity contribution >= 4 is 5.97 Å². The Labute approximate surface area is 131 Å². The summed E-state index contributed by atoms with van der Waals surface area (Å²) in [5.41, 5.74) is 0. The molecule has 0 saturated carbocycles. The van der Waals surface area contributed by atoms with Crippen LogP contribution in [0.4, 0.5) is 0 Å². The van der Waals surface area contributed by atoms with E-state index in [-0.39, 0.29) is 6.10 Å². The van der Waals surface area contributed by atoms with E-state index in [0.29, 0.717) is 6.42 Å². The molecule has 2 N–H and O–H groups in total. The minimum absolute atomic E-state index is 0.108. The number of aliphatic carboxylic acids is 1. The standard InChI is InChI=1S/C18H36O3/c1-2-3-4-5-8-11-14-17(19)15-12-9-6-7-10-13-16-18(20)21/h17,19H,2-16H2,1H3,(H,20,21)/t17-/m1/s1. The van der Waals surface area contributed by atoms with Crippen LogP contribution in [0, 0.1) is 0 Å². The summed E-state index contributed by atoms with van der Waals surface area (Å²) in [6.45, 7) is 2.23. The lowest BCUT2D eigenvalue weighted by Gasteiger charge is -2.10. The predicted molar refractivity (Wildman–Crippen MR) is 88.6 cm³/mol. The molecule has 1 atom stereocenters. The zero-order valence-corrected chi connectivity index (χ0v) is 14.0. The van der Waals surface area contributed by atoms with E-state index < -0.39 is 5.97 Å². The van der Waals surface area contributed by atoms with Gasteiger partial charge in [0.1, 0.15) is 0 Å². The van der Waals surface area contributed by atoms with E-state index in [0.717, 1.165) is 38.5 Å². The van der Waals surface area contributed by atoms with Crippen molar-refractivity contribution in [3.8, 4) is 0 Å². The molecule has 3 nitrogen and oxygen atoms in total. The van der Waals surface area contributed by atoms with Crippen LogP contribution >= 0.6 is 0 Å². The van der Waals surface area contributed by atoms with Crippen LogP contribution < -0.4 is 0 Å². The highest BCUT2D eigenvalue weighted by Gasteiger charge is 2.03. The smallest absolute Gasteiger partial charge is 0.303 e. The quantitative estimate of drug-likeness (QED) is 0.380. The molecule has 0 radical (unpaired) electrons. The second-order valence-electron chi connectivity index (χ2n) is 6.26. The van der Waals surface area contributed by atoms with Gasteiger partial charge in [-0.15, -0.1) is 0 Å². The van der Waals surface area contributed by atoms with Gasteiger partial charge in [0.15, 0.2) is 0 Å². The molecule has 3 heteroatoms. The number of rotatable bonds is 16. The Morgan fingerprint density at radius 1 is 0.762 bits per heavy atom. The topological polar surface area (TPSA) is 57.5 Å². The van der Waals surface area contributed by atoms with Gasteiger partial charge in [0.2, 0.25) is 0 Å². The van der Waals surface area contributed by atoms with E-state index in [1.807, 2.05) is 0 Å². The predicted octanol–water partition coefficient (Wildman–Crippen LogP) is 5.30. The molecule has 0 unspecified atom stereocenters. The fourth-order valence-electron chi connectivity index (χ4n) is 2.67. The van der Waals surface area contributed by atoms with Gasteiger partial charge in [-0.1, -0.05) is 77.6 Å². The van der Waals surface area contributed by atoms with Crippen molar-refractivity contribution in [3.05, 3.63) is 0 Å². The molecule has 0 heterocycles. The third-order valence-corrected chi connectivity index (χ3v) is 4.07. The highest BCUT2D eigenvalue weighted by atomic mass is 16.4. The van der Waals surface area contributed by atoms with E-state index in [1.165, 1.54) is 51.4 Å². The summed E-state index contributed by atoms with van der Waals surface area (Å²) in [6, 6.07) is 0. The molecule has 0 saturated heterocycles. The van der Waals surface area contributed by atoms with E-state index in [2.05, 4.69) is 6.92 Å². The number of carboxylic acids is 1. The summed E-state index contributed by atoms with van der Waals surface area (Å²) >= 11 is 0. The number of unbranched alkanes of at least 4 members (excludes halogenated alkanes) is 10. The SMILES string of the molecule is CCCCCCCC[C@@H](O)CCCCCCCCC(=O)O. The van der Waals surface area contributed by atoms with Crippen LogP contribution in [-0.2, 0) is 4.79 Å². The molecule has 0 spiro atoms. The number of hydrogen-bond donors (Lipinski definition) is 2. The van der Waals surface area contributed by atoms with Gasteiger partial charge in [0, 0.05) is 6.42 Å². The highest BCUT2D eigenvalue weighted by molar-refractivity contribution is 5.66. The Morgan fingerprint density at radius 2 is 1.19 bits per heavy atom. The molecule has 0 rings (SSSR count). The molecule has 0 amide bonds. The van der Waals surface area contributed by atoms with Crippen molar-refractivity contribution in [1.29, 1.82) is 0 Å². The Hall–Kier alpha value is -0.570. The van der Waals surface area contributed by atoms with Crippen molar-refractivity contribution in [2.45, 2.75) is 109 Å². The Balaban J connectivity index is 3.15. The average Bonchev–Trinajstić information content (AvgIpc) is 2.45. The number of aliphatic hydroxyl groups excluding tert-OH is 1. The first-order valence-corrected chi connectivity index (χ1v) is 9.06. The minimum atomic E-state index is -0.687. The normalized spacial score (nSPS) is 12.5. The van der Waals surface area contributed by atoms with Gasteiger partial charge in [0.25, 0.3) is 0 Å². The first-order valence-electron chi connectivity index (χ1n) is 9.06. The summed E-state index contributed by atoms with van der Waals surface area (Å²) in [5.74, 6) is -0.687. The van der Waals surface area contributed by atoms with E-state index >= 15 is 0 Å². The number of carbonyl (C=O) groups is 1. The minimum Gasteiger partial charge on any atom is -0.481 e. The molecule has 0 fully saturated rings. The van der Waals surface area contributed by atoms with Crippen molar-refractivity contribution in [1.82, 2.24) is 0 Å². The highest BCUT2D eigenvalue weighted by Crippen LogP contribution is 2.14. The molecular weight excluding hydrogens is 264 g/mol. The summed E-state index contributed by atoms with van der Waals surface area (Å²) < 4.78 is 0. The first kappa shape index (κ1) is 20.4. The summed E-state index contributed by atoms with van der Waals surface area (Å²) in [6.07, 6.45) is 16.2. The maximum Gasteiger partial charge on any atom is 0.303 e. The number of hydrogen-bond acceptors (Lipinski definition) is 2. The molecule has 0 aromatic carbocycles. The summed E-state index contributed by atoms with van der Waals surface area (Å²) in [7, 11) is 0. The molecular formula is C18H36O3. The van der Waals surface area contributed by atoms with Crippen LogP contribution in [-0.4, -0.2) is 22.3 Å². The van der Waals surface area contributed by atoms with Gasteiger partial charge in [-0.3, -0.25) is 4.79 Å². The lowest BCUT2D eigenvalue weighted by atomic mass is 10.0. The Kier molecular flexibility index (Phi) is 15.4. The fourth-order valence-corrected chi connectivity index (χ4v) is 2.67. The van der Waals surface area contributed by atoms with E-state index in [9.17, 15) is 9.90 Å². The van der Waals surface area contributed by atoms with Gasteiger partial charge in [0.05, 0.1) is 6.10 Å². The van der Waals surface area contributed by atoms with Gasteiger partial charge >= 0.3 is 5.97 Å². The van der Waals surface area contributed by atoms with Gasteiger partial charge in [-0.2, -0.15) is 0 Å². The largest absolute Gasteiger partial charge is 0.481 e. The molecule has 0 aliphatic heterocycles. The molecule has 0 aromatic rings. The van der Waals surface area contributed by atoms with Crippen molar-refractivity contribution in [3.63, 3.8) is 0 Å². The zero-order valence-electron chi connectivity index (χ0n) is 14.0. The van der Waals surface area contributed by atoms with Crippen molar-refractivity contribution in [2.75, 3.05) is 0 Å². The third-order valence-electron chi connectivity index (χ3n) is 4.07. The van der Waals surface area contributed by atoms with Crippen LogP contribution in [0.5, 0.6) is 0 Å². The van der Waals surface area contributed by atoms with E-state index in [1.54, 1.807) is 0 Å². The molecule has 0 aliphatic rings. The Morgan fingerprint density at radius 3 is 1.67 bits per heavy atom. The molecule has 126 valence electrons. The fraction of sp³-hybridized carbons (Fsp3) is 0.944. The summed E-state index contributed by atoms with van der Waals surface area (Å²) in [5, 5.41) is 18.4. The third kappa shape index (κ3) is 17.4. The van der Waals surface area contributed by atoms with Crippen LogP contribution in [0.1, 0.15) is 103 Å². The van der Waals surface area contributed by atoms with Crippen LogP contribution in [0.25, 0.3) is 0 Å². The summed E-state index contributed by atoms with van der Waals surface area (Å²) in [4.78, 5) is 10.3. The second-order valence-corrected chi connectivity index (χ2v) is 6.26. The number of carboxylic acid groups (broad SMARTS) is 1. The maximum atomic E-state index is 10.3. The van der Waals surface area contributed by atoms with Crippen LogP contribution in [0.15, 0.2) is 0 Å². The monoisotopic (exact) mass is 300 g/mol. The van der Waals surface area contributed by atoms with Gasteiger partial charge < -0.3 is 10.2 Å². The van der Waals surface area contributed by atoms with Gasteiger partial charge in [-0.05, 0) is 19.3 Å². The Bertz CT molecular complexity index is 229. The van der Waals surface area contributed by atoms with E-state index in [4.69, 9.17) is 5.11 Å². The molecule has 0 aliphatic carbocycles. The van der Waals surface area contributed by atoms with Crippen molar-refractivity contribution in [2.24, 2.45) is 0 Å². The molecule has 21 heavy (non-hydrogen) atoms. The van der Waals surface area contributed by atoms with Crippen molar-refractivity contribution < 1.29 is 15.0 Å².